The number of rotatable bonds is 4. The van der Waals surface area contributed by atoms with Crippen molar-refractivity contribution in [1.29, 1.82) is 0 Å². The number of carboxylic acids is 1. The lowest BCUT2D eigenvalue weighted by Crippen LogP contribution is -2.35. The van der Waals surface area contributed by atoms with Crippen LogP contribution in [0.25, 0.3) is 0 Å². The fourth-order valence-electron chi connectivity index (χ4n) is 3.48. The molecule has 1 aliphatic carbocycles. The number of aliphatic carboxylic acids is 1. The Morgan fingerprint density at radius 3 is 2.61 bits per heavy atom. The van der Waals surface area contributed by atoms with Gasteiger partial charge in [-0.1, -0.05) is 12.8 Å². The third-order valence-corrected chi connectivity index (χ3v) is 4.90. The summed E-state index contributed by atoms with van der Waals surface area (Å²) in [5, 5.41) is 10.6. The Labute approximate surface area is 133 Å². The third kappa shape index (κ3) is 5.06. The Hall–Kier alpha value is -0.860. The van der Waals surface area contributed by atoms with Crippen molar-refractivity contribution in [2.45, 2.75) is 31.9 Å². The highest BCUT2D eigenvalue weighted by Crippen LogP contribution is 2.38. The van der Waals surface area contributed by atoms with E-state index in [4.69, 9.17) is 19.4 Å². The number of ether oxygens (including phenoxy) is 2. The van der Waals surface area contributed by atoms with E-state index in [0.29, 0.717) is 11.3 Å². The van der Waals surface area contributed by atoms with E-state index in [1.807, 2.05) is 0 Å². The molecule has 0 spiro atoms. The second-order valence-corrected chi connectivity index (χ2v) is 6.67. The Balaban J connectivity index is 0.000000236. The summed E-state index contributed by atoms with van der Waals surface area (Å²) in [6.45, 7) is 5.92. The molecule has 1 saturated carbocycles. The van der Waals surface area contributed by atoms with Crippen LogP contribution in [-0.4, -0.2) is 56.8 Å². The predicted molar refractivity (Wildman–Crippen MR) is 76.1 cm³/mol. The quantitative estimate of drug-likeness (QED) is 0.821. The first kappa shape index (κ1) is 18.5. The summed E-state index contributed by atoms with van der Waals surface area (Å²) < 4.78 is 43.3. The maximum absolute atomic E-state index is 10.6. The number of hydrogen-bond donors (Lipinski definition) is 2. The molecular formula is C15H24F3NO4. The molecule has 0 radical (unpaired) electrons. The van der Waals surface area contributed by atoms with E-state index in [2.05, 4.69) is 5.32 Å². The fraction of sp³-hybridized carbons (Fsp3) is 0.933. The molecule has 0 aromatic carbocycles. The van der Waals surface area contributed by atoms with Gasteiger partial charge < -0.3 is 19.9 Å². The van der Waals surface area contributed by atoms with E-state index < -0.39 is 12.1 Å². The fourth-order valence-corrected chi connectivity index (χ4v) is 3.48. The van der Waals surface area contributed by atoms with Crippen LogP contribution < -0.4 is 5.32 Å². The van der Waals surface area contributed by atoms with Crippen LogP contribution in [-0.2, 0) is 14.3 Å². The number of alkyl halides is 3. The van der Waals surface area contributed by atoms with Gasteiger partial charge in [-0.05, 0) is 18.8 Å². The van der Waals surface area contributed by atoms with E-state index in [9.17, 15) is 13.2 Å². The van der Waals surface area contributed by atoms with Crippen LogP contribution in [0.1, 0.15) is 25.7 Å². The molecule has 0 unspecified atom stereocenters. The summed E-state index contributed by atoms with van der Waals surface area (Å²) in [7, 11) is 0. The lowest BCUT2D eigenvalue weighted by atomic mass is 9.82. The van der Waals surface area contributed by atoms with Crippen molar-refractivity contribution < 1.29 is 32.5 Å². The van der Waals surface area contributed by atoms with E-state index in [0.717, 1.165) is 45.4 Å². The molecule has 3 rings (SSSR count). The van der Waals surface area contributed by atoms with Gasteiger partial charge in [0.05, 0.1) is 19.8 Å². The summed E-state index contributed by atoms with van der Waals surface area (Å²) in [5.41, 5.74) is 0.304. The number of nitrogens with one attached hydrogen (secondary N) is 1. The molecule has 5 nitrogen and oxygen atoms in total. The summed E-state index contributed by atoms with van der Waals surface area (Å²) in [6, 6.07) is 0. The summed E-state index contributed by atoms with van der Waals surface area (Å²) in [4.78, 5) is 8.90. The topological polar surface area (TPSA) is 67.8 Å². The summed E-state index contributed by atoms with van der Waals surface area (Å²) >= 11 is 0. The van der Waals surface area contributed by atoms with Crippen molar-refractivity contribution in [1.82, 2.24) is 5.32 Å². The second kappa shape index (κ2) is 7.81. The zero-order chi connectivity index (χ0) is 16.9. The van der Waals surface area contributed by atoms with Gasteiger partial charge >= 0.3 is 12.1 Å². The molecule has 0 aromatic heterocycles. The van der Waals surface area contributed by atoms with Crippen LogP contribution in [0.2, 0.25) is 0 Å². The minimum absolute atomic E-state index is 0.304. The van der Waals surface area contributed by atoms with E-state index in [1.165, 1.54) is 25.7 Å². The Morgan fingerprint density at radius 1 is 1.35 bits per heavy atom. The Bertz CT molecular complexity index is 387. The van der Waals surface area contributed by atoms with E-state index in [-0.39, 0.29) is 0 Å². The van der Waals surface area contributed by atoms with Gasteiger partial charge in [0.25, 0.3) is 0 Å². The zero-order valence-corrected chi connectivity index (χ0v) is 13.0. The van der Waals surface area contributed by atoms with Crippen LogP contribution >= 0.6 is 0 Å². The molecule has 23 heavy (non-hydrogen) atoms. The van der Waals surface area contributed by atoms with E-state index in [1.54, 1.807) is 0 Å². The van der Waals surface area contributed by atoms with Crippen LogP contribution in [0.3, 0.4) is 0 Å². The molecule has 2 atom stereocenters. The smallest absolute Gasteiger partial charge is 0.475 e. The van der Waals surface area contributed by atoms with Crippen LogP contribution in [0.4, 0.5) is 13.2 Å². The third-order valence-electron chi connectivity index (χ3n) is 4.90. The first-order chi connectivity index (χ1) is 10.8. The second-order valence-electron chi connectivity index (χ2n) is 6.67. The number of carboxylic acid groups (broad SMARTS) is 1. The standard InChI is InChI=1S/C13H23NO2.C2HF3O2/c1-2-4-11(3-1)6-15-9-13-8-14-5-12(13)7-16-10-13;3-2(4,5)1(6)7/h11-12,14H,1-10H2;(H,6,7)/t12-,13-;/m1./s1. The van der Waals surface area contributed by atoms with Crippen molar-refractivity contribution in [2.24, 2.45) is 17.3 Å². The maximum atomic E-state index is 10.6. The average molecular weight is 339 g/mol. The highest BCUT2D eigenvalue weighted by Gasteiger charge is 2.47. The average Bonchev–Trinajstić information content (AvgIpc) is 3.14. The Morgan fingerprint density at radius 2 is 2.00 bits per heavy atom. The molecule has 2 saturated heterocycles. The minimum atomic E-state index is -5.08. The van der Waals surface area contributed by atoms with Gasteiger partial charge in [0, 0.05) is 31.0 Å². The SMILES string of the molecule is C1CCC(COC[C@@]23CNC[C@@H]2COC3)C1.O=C(O)C(F)(F)F. The summed E-state index contributed by atoms with van der Waals surface area (Å²) in [6.07, 6.45) is 0.495. The molecule has 2 aliphatic heterocycles. The molecule has 8 heteroatoms. The zero-order valence-electron chi connectivity index (χ0n) is 13.0. The predicted octanol–water partition coefficient (Wildman–Crippen LogP) is 2.06. The first-order valence-corrected chi connectivity index (χ1v) is 8.00. The molecular weight excluding hydrogens is 315 g/mol. The van der Waals surface area contributed by atoms with E-state index >= 15 is 0 Å². The Kier molecular flexibility index (Phi) is 6.27. The first-order valence-electron chi connectivity index (χ1n) is 8.00. The molecule has 3 aliphatic rings. The number of halogens is 3. The molecule has 0 bridgehead atoms. The normalized spacial score (nSPS) is 30.8. The van der Waals surface area contributed by atoms with Crippen molar-refractivity contribution in [3.63, 3.8) is 0 Å². The van der Waals surface area contributed by atoms with Gasteiger partial charge in [-0.25, -0.2) is 4.79 Å². The van der Waals surface area contributed by atoms with Gasteiger partial charge in [-0.2, -0.15) is 13.2 Å². The van der Waals surface area contributed by atoms with Gasteiger partial charge in [0.15, 0.2) is 0 Å². The van der Waals surface area contributed by atoms with Crippen LogP contribution in [0.5, 0.6) is 0 Å². The van der Waals surface area contributed by atoms with Crippen molar-refractivity contribution >= 4 is 5.97 Å². The van der Waals surface area contributed by atoms with Gasteiger partial charge in [-0.3, -0.25) is 0 Å². The lowest BCUT2D eigenvalue weighted by molar-refractivity contribution is -0.192. The molecule has 2 heterocycles. The minimum Gasteiger partial charge on any atom is -0.475 e. The molecule has 2 N–H and O–H groups in total. The van der Waals surface area contributed by atoms with Gasteiger partial charge in [0.2, 0.25) is 0 Å². The molecule has 0 aromatic rings. The van der Waals surface area contributed by atoms with Crippen LogP contribution in [0.15, 0.2) is 0 Å². The number of fused-ring (bicyclic) bond motifs is 1. The molecule has 0 amide bonds. The maximum Gasteiger partial charge on any atom is 0.490 e. The van der Waals surface area contributed by atoms with Crippen LogP contribution in [0, 0.1) is 17.3 Å². The highest BCUT2D eigenvalue weighted by atomic mass is 19.4. The molecule has 3 fully saturated rings. The van der Waals surface area contributed by atoms with Gasteiger partial charge in [0.1, 0.15) is 0 Å². The monoisotopic (exact) mass is 339 g/mol. The number of hydrogen-bond acceptors (Lipinski definition) is 4. The summed E-state index contributed by atoms with van der Waals surface area (Å²) in [5.74, 6) is -1.23. The largest absolute Gasteiger partial charge is 0.490 e. The van der Waals surface area contributed by atoms with Crippen molar-refractivity contribution in [2.75, 3.05) is 39.5 Å². The van der Waals surface area contributed by atoms with Crippen molar-refractivity contribution in [3.05, 3.63) is 0 Å². The molecule has 134 valence electrons. The lowest BCUT2D eigenvalue weighted by Gasteiger charge is -2.26. The van der Waals surface area contributed by atoms with Crippen molar-refractivity contribution in [3.8, 4) is 0 Å². The van der Waals surface area contributed by atoms with Gasteiger partial charge in [-0.15, -0.1) is 0 Å². The highest BCUT2D eigenvalue weighted by molar-refractivity contribution is 5.73. The number of carbonyl (C=O) groups is 1.